The minimum absolute atomic E-state index is 0. The number of hydrogen-bond acceptors (Lipinski definition) is 7. The maximum atomic E-state index is 12.1. The first kappa shape index (κ1) is 22.9. The molecule has 0 unspecified atom stereocenters. The van der Waals surface area contributed by atoms with E-state index in [1.165, 1.54) is 0 Å². The van der Waals surface area contributed by atoms with Gasteiger partial charge in [-0.15, -0.1) is 0 Å². The van der Waals surface area contributed by atoms with E-state index in [2.05, 4.69) is 10.4 Å². The Hall–Kier alpha value is -2.18. The molecule has 0 amide bonds. The van der Waals surface area contributed by atoms with E-state index in [4.69, 9.17) is 32.7 Å². The number of nitrogens with two attached hydrogens (primary N) is 2. The number of nitrogens with zero attached hydrogens (tertiary/aromatic N) is 2. The molecule has 1 heterocycles. The normalized spacial score (nSPS) is 11.4. The fourth-order valence-corrected chi connectivity index (χ4v) is 2.16. The molecule has 0 radical (unpaired) electrons. The topological polar surface area (TPSA) is 132 Å². The van der Waals surface area contributed by atoms with Gasteiger partial charge in [0.15, 0.2) is 0 Å². The third kappa shape index (κ3) is 5.91. The number of esters is 2. The van der Waals surface area contributed by atoms with Gasteiger partial charge in [0, 0.05) is 30.8 Å². The van der Waals surface area contributed by atoms with Crippen LogP contribution in [0.3, 0.4) is 0 Å². The van der Waals surface area contributed by atoms with Crippen LogP contribution in [-0.4, -0.2) is 23.7 Å². The molecule has 4 N–H and O–H groups in total. The van der Waals surface area contributed by atoms with Crippen LogP contribution in [-0.2, 0) is 39.5 Å². The molecular formula is C17H18ClN4O4Pd-. The molecule has 0 aliphatic carbocycles. The molecule has 148 valence electrons. The van der Waals surface area contributed by atoms with E-state index in [1.54, 1.807) is 44.2 Å². The number of pyridine rings is 1. The van der Waals surface area contributed by atoms with Gasteiger partial charge in [0.1, 0.15) is 0 Å². The zero-order chi connectivity index (χ0) is 19.3. The average molecular weight is 484 g/mol. The maximum absolute atomic E-state index is 12.1. The van der Waals surface area contributed by atoms with Crippen molar-refractivity contribution in [2.45, 2.75) is 13.8 Å². The van der Waals surface area contributed by atoms with Gasteiger partial charge in [-0.2, -0.15) is 0 Å². The number of benzene rings is 1. The Morgan fingerprint density at radius 2 is 1.93 bits per heavy atom. The number of carbonyl (C=O) groups is 2. The van der Waals surface area contributed by atoms with Crippen molar-refractivity contribution in [1.82, 2.24) is 4.98 Å². The number of hydrogen-bond donors (Lipinski definition) is 2. The Balaban J connectivity index is 0.00000364. The third-order valence-corrected chi connectivity index (χ3v) is 3.60. The zero-order valence-corrected chi connectivity index (χ0v) is 16.9. The summed E-state index contributed by atoms with van der Waals surface area (Å²) in [6, 6.07) is 8.51. The fourth-order valence-electron chi connectivity index (χ4n) is 1.98. The first-order valence-corrected chi connectivity index (χ1v) is 8.02. The average Bonchev–Trinajstić information content (AvgIpc) is 2.61. The van der Waals surface area contributed by atoms with E-state index in [9.17, 15) is 9.59 Å². The van der Waals surface area contributed by atoms with Gasteiger partial charge in [-0.25, -0.2) is 9.78 Å². The van der Waals surface area contributed by atoms with Gasteiger partial charge < -0.3 is 26.5 Å². The van der Waals surface area contributed by atoms with Crippen molar-refractivity contribution >= 4 is 40.1 Å². The molecule has 0 atom stereocenters. The smallest absolute Gasteiger partial charge is 0.321 e. The van der Waals surface area contributed by atoms with Crippen molar-refractivity contribution in [3.63, 3.8) is 0 Å². The van der Waals surface area contributed by atoms with Crippen molar-refractivity contribution in [1.29, 1.82) is 0 Å². The van der Waals surface area contributed by atoms with Crippen molar-refractivity contribution in [3.05, 3.63) is 52.2 Å². The van der Waals surface area contributed by atoms with Gasteiger partial charge in [-0.05, 0) is 30.0 Å². The Kier molecular flexibility index (Phi) is 8.66. The number of carbonyl (C=O) groups excluding carboxylic acids is 2. The second-order valence-electron chi connectivity index (χ2n) is 5.59. The van der Waals surface area contributed by atoms with Crippen LogP contribution in [0.4, 0.5) is 0 Å². The van der Waals surface area contributed by atoms with Gasteiger partial charge in [-0.3, -0.25) is 4.79 Å². The second-order valence-corrected chi connectivity index (χ2v) is 6.03. The summed E-state index contributed by atoms with van der Waals surface area (Å²) >= 11 is 5.94. The largest absolute Gasteiger partial charge is 0.618 e. The van der Waals surface area contributed by atoms with Crippen molar-refractivity contribution in [3.8, 4) is 0 Å². The van der Waals surface area contributed by atoms with Crippen molar-refractivity contribution < 1.29 is 39.5 Å². The molecule has 2 aromatic rings. The molecule has 1 aromatic carbocycles. The molecule has 0 aliphatic heterocycles. The molecule has 0 saturated carbocycles. The van der Waals surface area contributed by atoms with E-state index in [-0.39, 0.29) is 37.7 Å². The predicted molar refractivity (Wildman–Crippen MR) is 97.3 cm³/mol. The van der Waals surface area contributed by atoms with Crippen LogP contribution >= 0.6 is 11.6 Å². The first-order valence-electron chi connectivity index (χ1n) is 7.64. The molecule has 0 aliphatic rings. The number of halogens is 1. The quantitative estimate of drug-likeness (QED) is 0.161. The van der Waals surface area contributed by atoms with Gasteiger partial charge >= 0.3 is 11.9 Å². The number of ether oxygens (including phenoxy) is 2. The Bertz CT molecular complexity index is 873. The second kappa shape index (κ2) is 10.2. The molecule has 0 bridgehead atoms. The monoisotopic (exact) mass is 483 g/mol. The summed E-state index contributed by atoms with van der Waals surface area (Å²) in [7, 11) is 0. The van der Waals surface area contributed by atoms with E-state index in [0.717, 1.165) is 5.39 Å². The molecule has 27 heavy (non-hydrogen) atoms. The molecular weight excluding hydrogens is 466 g/mol. The summed E-state index contributed by atoms with van der Waals surface area (Å²) < 4.78 is 9.59. The van der Waals surface area contributed by atoms with Crippen LogP contribution in [0.1, 0.15) is 19.5 Å². The van der Waals surface area contributed by atoms with Crippen LogP contribution in [0.25, 0.3) is 22.0 Å². The van der Waals surface area contributed by atoms with Crippen molar-refractivity contribution in [2.75, 3.05) is 6.79 Å². The standard InChI is InChI=1S/C17H19ClN4O4.Pd/c1-9(2)16(23)25-8-26-17(24)15(22-20)14(19)13-5-3-10-7-11(18)4-6-12(10)21-13;/h3-7,9H,8H2,1-2H3,(H5,19,20,21,22,24);/p-1. The van der Waals surface area contributed by atoms with Crippen LogP contribution in [0.5, 0.6) is 0 Å². The summed E-state index contributed by atoms with van der Waals surface area (Å²) in [6.45, 7) is 2.74. The SMILES string of the molecule is CC(C)C(=O)OCOC(=O)/C([N-]N)=C(/N)c1ccc2cc(Cl)ccc2n1.[Pd]. The third-order valence-electron chi connectivity index (χ3n) is 3.37. The summed E-state index contributed by atoms with van der Waals surface area (Å²) in [5, 5.41) is 1.39. The molecule has 1 aromatic heterocycles. The fraction of sp³-hybridized carbons (Fsp3) is 0.235. The van der Waals surface area contributed by atoms with Gasteiger partial charge in [-0.1, -0.05) is 31.5 Å². The molecule has 0 spiro atoms. The Morgan fingerprint density at radius 1 is 1.22 bits per heavy atom. The first-order chi connectivity index (χ1) is 12.3. The molecule has 2 rings (SSSR count). The van der Waals surface area contributed by atoms with Crippen LogP contribution in [0.2, 0.25) is 5.02 Å². The van der Waals surface area contributed by atoms with Crippen LogP contribution < -0.4 is 11.6 Å². The zero-order valence-electron chi connectivity index (χ0n) is 14.5. The minimum Gasteiger partial charge on any atom is -0.618 e. The van der Waals surface area contributed by atoms with Gasteiger partial charge in [0.25, 0.3) is 0 Å². The summed E-state index contributed by atoms with van der Waals surface area (Å²) in [5.74, 6) is 3.48. The van der Waals surface area contributed by atoms with Gasteiger partial charge in [0.2, 0.25) is 6.79 Å². The Labute approximate surface area is 174 Å². The molecule has 10 heteroatoms. The maximum Gasteiger partial charge on any atom is 0.321 e. The van der Waals surface area contributed by atoms with Gasteiger partial charge in [0.05, 0.1) is 22.8 Å². The summed E-state index contributed by atoms with van der Waals surface area (Å²) in [5.41, 5.74) is 9.86. The number of aromatic nitrogens is 1. The van der Waals surface area contributed by atoms with E-state index >= 15 is 0 Å². The Morgan fingerprint density at radius 3 is 2.56 bits per heavy atom. The van der Waals surface area contributed by atoms with Crippen molar-refractivity contribution in [2.24, 2.45) is 17.5 Å². The minimum atomic E-state index is -0.931. The van der Waals surface area contributed by atoms with E-state index in [1.807, 2.05) is 0 Å². The molecule has 0 fully saturated rings. The molecule has 0 saturated heterocycles. The van der Waals surface area contributed by atoms with E-state index < -0.39 is 18.7 Å². The predicted octanol–water partition coefficient (Wildman–Crippen LogP) is 2.46. The number of fused-ring (bicyclic) bond motifs is 1. The van der Waals surface area contributed by atoms with E-state index in [0.29, 0.717) is 16.2 Å². The number of rotatable bonds is 6. The van der Waals surface area contributed by atoms with Crippen LogP contribution in [0, 0.1) is 5.92 Å². The summed E-state index contributed by atoms with van der Waals surface area (Å²) in [4.78, 5) is 27.8. The van der Waals surface area contributed by atoms with Crippen LogP contribution in [0.15, 0.2) is 36.0 Å². The summed E-state index contributed by atoms with van der Waals surface area (Å²) in [6.07, 6.45) is 0. The molecule has 8 nitrogen and oxygen atoms in total.